The molecule has 2 rings (SSSR count). The molecule has 2 aliphatic rings. The standard InChI is InChI=1S/C14H26N2O2S/c1-2-3-4-5-6-7-8-15-14-16-9-12(17)13(18)11(16)10-19-14/h11-13,17-18H,2-10H2,1H3/t11-,12-,13+/m1/s1. The van der Waals surface area contributed by atoms with E-state index in [1.807, 2.05) is 0 Å². The van der Waals surface area contributed by atoms with Gasteiger partial charge in [-0.1, -0.05) is 50.8 Å². The Morgan fingerprint density at radius 2 is 1.95 bits per heavy atom. The van der Waals surface area contributed by atoms with Crippen LogP contribution >= 0.6 is 11.8 Å². The number of aliphatic hydroxyl groups excluding tert-OH is 2. The zero-order valence-electron chi connectivity index (χ0n) is 11.8. The summed E-state index contributed by atoms with van der Waals surface area (Å²) in [5.74, 6) is 0.855. The summed E-state index contributed by atoms with van der Waals surface area (Å²) in [6.45, 7) is 3.65. The van der Waals surface area contributed by atoms with Crippen molar-refractivity contribution in [3.63, 3.8) is 0 Å². The molecule has 0 radical (unpaired) electrons. The summed E-state index contributed by atoms with van der Waals surface area (Å²) in [6.07, 6.45) is 6.49. The zero-order valence-corrected chi connectivity index (χ0v) is 12.6. The van der Waals surface area contributed by atoms with Gasteiger partial charge in [0.05, 0.1) is 12.1 Å². The molecule has 0 aromatic rings. The van der Waals surface area contributed by atoms with E-state index in [4.69, 9.17) is 0 Å². The monoisotopic (exact) mass is 286 g/mol. The van der Waals surface area contributed by atoms with Crippen molar-refractivity contribution in [2.75, 3.05) is 18.8 Å². The van der Waals surface area contributed by atoms with Crippen LogP contribution in [0, 0.1) is 0 Å². The van der Waals surface area contributed by atoms with Crippen LogP contribution in [-0.2, 0) is 0 Å². The van der Waals surface area contributed by atoms with Gasteiger partial charge in [-0.15, -0.1) is 0 Å². The van der Waals surface area contributed by atoms with Gasteiger partial charge in [0.25, 0.3) is 0 Å². The van der Waals surface area contributed by atoms with Gasteiger partial charge in [-0.05, 0) is 6.42 Å². The van der Waals surface area contributed by atoms with Crippen molar-refractivity contribution in [2.45, 2.75) is 63.7 Å². The summed E-state index contributed by atoms with van der Waals surface area (Å²) in [5.41, 5.74) is 0. The van der Waals surface area contributed by atoms with Crippen LogP contribution in [0.4, 0.5) is 0 Å². The highest BCUT2D eigenvalue weighted by molar-refractivity contribution is 8.14. The van der Waals surface area contributed by atoms with Crippen molar-refractivity contribution in [2.24, 2.45) is 4.99 Å². The molecule has 0 bridgehead atoms. The first-order valence-electron chi connectivity index (χ1n) is 7.54. The number of rotatable bonds is 7. The minimum atomic E-state index is -0.606. The van der Waals surface area contributed by atoms with Crippen LogP contribution in [0.25, 0.3) is 0 Å². The van der Waals surface area contributed by atoms with Crippen molar-refractivity contribution in [3.05, 3.63) is 0 Å². The van der Waals surface area contributed by atoms with Gasteiger partial charge in [-0.3, -0.25) is 4.99 Å². The molecule has 19 heavy (non-hydrogen) atoms. The third-order valence-corrected chi connectivity index (χ3v) is 5.09. The summed E-state index contributed by atoms with van der Waals surface area (Å²) in [5, 5.41) is 20.5. The first-order valence-corrected chi connectivity index (χ1v) is 8.52. The maximum absolute atomic E-state index is 9.82. The number of nitrogens with zero attached hydrogens (tertiary/aromatic N) is 2. The molecule has 0 unspecified atom stereocenters. The van der Waals surface area contributed by atoms with E-state index in [-0.39, 0.29) is 6.04 Å². The smallest absolute Gasteiger partial charge is 0.159 e. The Kier molecular flexibility index (Phi) is 5.98. The van der Waals surface area contributed by atoms with E-state index >= 15 is 0 Å². The molecule has 2 saturated heterocycles. The Morgan fingerprint density at radius 1 is 1.21 bits per heavy atom. The number of aliphatic imine (C=N–C) groups is 1. The lowest BCUT2D eigenvalue weighted by Gasteiger charge is -2.17. The predicted octanol–water partition coefficient (Wildman–Crippen LogP) is 1.86. The molecule has 0 spiro atoms. The van der Waals surface area contributed by atoms with Crippen molar-refractivity contribution >= 4 is 16.9 Å². The number of hydrogen-bond acceptors (Lipinski definition) is 4. The highest BCUT2D eigenvalue weighted by Gasteiger charge is 2.45. The molecule has 2 heterocycles. The first kappa shape index (κ1) is 15.1. The number of unbranched alkanes of at least 4 members (excludes halogenated alkanes) is 5. The Balaban J connectivity index is 1.67. The van der Waals surface area contributed by atoms with Crippen LogP contribution in [0.3, 0.4) is 0 Å². The van der Waals surface area contributed by atoms with E-state index in [2.05, 4.69) is 16.8 Å². The van der Waals surface area contributed by atoms with Gasteiger partial charge in [0, 0.05) is 18.8 Å². The van der Waals surface area contributed by atoms with E-state index in [9.17, 15) is 10.2 Å². The fraction of sp³-hybridized carbons (Fsp3) is 0.929. The molecule has 5 heteroatoms. The largest absolute Gasteiger partial charge is 0.388 e. The Bertz CT molecular complexity index is 312. The second kappa shape index (κ2) is 7.50. The number of aliphatic hydroxyl groups is 2. The number of hydrogen-bond donors (Lipinski definition) is 2. The summed E-state index contributed by atoms with van der Waals surface area (Å²) in [4.78, 5) is 6.72. The Hall–Kier alpha value is -0.260. The minimum absolute atomic E-state index is 0.0725. The van der Waals surface area contributed by atoms with Gasteiger partial charge in [-0.25, -0.2) is 0 Å². The van der Waals surface area contributed by atoms with Crippen molar-refractivity contribution in [1.29, 1.82) is 0 Å². The summed E-state index contributed by atoms with van der Waals surface area (Å²) < 4.78 is 0. The fourth-order valence-corrected chi connectivity index (χ4v) is 4.00. The van der Waals surface area contributed by atoms with Gasteiger partial charge in [0.1, 0.15) is 6.10 Å². The van der Waals surface area contributed by atoms with Gasteiger partial charge < -0.3 is 15.1 Å². The summed E-state index contributed by atoms with van der Waals surface area (Å²) in [7, 11) is 0. The Labute approximate surface area is 120 Å². The highest BCUT2D eigenvalue weighted by atomic mass is 32.2. The summed E-state index contributed by atoms with van der Waals surface area (Å²) >= 11 is 1.72. The van der Waals surface area contributed by atoms with Crippen LogP contribution in [0.15, 0.2) is 4.99 Å². The molecular formula is C14H26N2O2S. The van der Waals surface area contributed by atoms with Crippen LogP contribution in [0.5, 0.6) is 0 Å². The molecule has 3 atom stereocenters. The number of amidine groups is 1. The molecule has 0 aromatic heterocycles. The third kappa shape index (κ3) is 3.86. The molecule has 110 valence electrons. The van der Waals surface area contributed by atoms with Crippen LogP contribution in [0.2, 0.25) is 0 Å². The molecule has 2 N–H and O–H groups in total. The lowest BCUT2D eigenvalue weighted by Crippen LogP contribution is -2.34. The lowest BCUT2D eigenvalue weighted by molar-refractivity contribution is 0.0437. The third-order valence-electron chi connectivity index (χ3n) is 3.96. The predicted molar refractivity (Wildman–Crippen MR) is 80.6 cm³/mol. The molecule has 0 saturated carbocycles. The topological polar surface area (TPSA) is 56.1 Å². The fourth-order valence-electron chi connectivity index (χ4n) is 2.74. The van der Waals surface area contributed by atoms with Crippen molar-refractivity contribution < 1.29 is 10.2 Å². The van der Waals surface area contributed by atoms with Crippen LogP contribution in [-0.4, -0.2) is 57.4 Å². The van der Waals surface area contributed by atoms with Gasteiger partial charge in [-0.2, -0.15) is 0 Å². The van der Waals surface area contributed by atoms with E-state index < -0.39 is 12.2 Å². The van der Waals surface area contributed by atoms with Crippen LogP contribution in [0.1, 0.15) is 45.4 Å². The second-order valence-electron chi connectivity index (χ2n) is 5.52. The van der Waals surface area contributed by atoms with Crippen molar-refractivity contribution in [3.8, 4) is 0 Å². The molecule has 4 nitrogen and oxygen atoms in total. The quantitative estimate of drug-likeness (QED) is 0.701. The maximum Gasteiger partial charge on any atom is 0.159 e. The molecule has 2 fully saturated rings. The maximum atomic E-state index is 9.82. The minimum Gasteiger partial charge on any atom is -0.388 e. The second-order valence-corrected chi connectivity index (χ2v) is 6.51. The van der Waals surface area contributed by atoms with Crippen molar-refractivity contribution in [1.82, 2.24) is 4.90 Å². The molecule has 0 aromatic carbocycles. The van der Waals surface area contributed by atoms with E-state index in [1.54, 1.807) is 11.8 Å². The van der Waals surface area contributed by atoms with Gasteiger partial charge >= 0.3 is 0 Å². The SMILES string of the molecule is CCCCCCCCN=C1SC[C@@H]2[C@H](O)[C@H](O)CN12. The molecule has 0 amide bonds. The van der Waals surface area contributed by atoms with E-state index in [0.29, 0.717) is 6.54 Å². The zero-order chi connectivity index (χ0) is 13.7. The Morgan fingerprint density at radius 3 is 2.74 bits per heavy atom. The van der Waals surface area contributed by atoms with Crippen LogP contribution < -0.4 is 0 Å². The average Bonchev–Trinajstić information content (AvgIpc) is 2.91. The average molecular weight is 286 g/mol. The molecule has 0 aliphatic carbocycles. The summed E-state index contributed by atoms with van der Waals surface area (Å²) in [6, 6.07) is 0.0725. The van der Waals surface area contributed by atoms with Gasteiger partial charge in [0.2, 0.25) is 0 Å². The number of fused-ring (bicyclic) bond motifs is 1. The lowest BCUT2D eigenvalue weighted by atomic mass is 10.1. The highest BCUT2D eigenvalue weighted by Crippen LogP contribution is 2.32. The normalized spacial score (nSPS) is 32.3. The van der Waals surface area contributed by atoms with E-state index in [1.165, 1.54) is 32.1 Å². The number of thioether (sulfide) groups is 1. The molecular weight excluding hydrogens is 260 g/mol. The first-order chi connectivity index (χ1) is 9.24. The van der Waals surface area contributed by atoms with E-state index in [0.717, 1.165) is 23.9 Å². The molecule has 2 aliphatic heterocycles. The van der Waals surface area contributed by atoms with Gasteiger partial charge in [0.15, 0.2) is 5.17 Å².